The van der Waals surface area contributed by atoms with Gasteiger partial charge in [0.25, 0.3) is 0 Å². The molecule has 0 heterocycles. The molecule has 0 aromatic heterocycles. The second kappa shape index (κ2) is 23.8. The second-order valence-corrected chi connectivity index (χ2v) is 16.1. The number of aliphatic hydroxyl groups excluding tert-OH is 1. The van der Waals surface area contributed by atoms with Crippen molar-refractivity contribution in [1.82, 2.24) is 0 Å². The number of hydrogen-bond acceptors (Lipinski definition) is 2. The topological polar surface area (TPSA) is 40.5 Å². The molecular formula is C50H72O2. The van der Waals surface area contributed by atoms with E-state index in [1.165, 1.54) is 45.4 Å². The van der Waals surface area contributed by atoms with Gasteiger partial charge in [0.15, 0.2) is 0 Å². The molecule has 0 aromatic rings. The first-order valence-electron chi connectivity index (χ1n) is 19.1. The van der Waals surface area contributed by atoms with Crippen LogP contribution in [0.15, 0.2) is 166 Å². The molecule has 1 rings (SSSR count). The Hall–Kier alpha value is -3.72. The molecule has 2 unspecified atom stereocenters. The van der Waals surface area contributed by atoms with Crippen LogP contribution in [-0.2, 0) is 0 Å². The van der Waals surface area contributed by atoms with E-state index in [1.54, 1.807) is 0 Å². The normalized spacial score (nSPS) is 19.9. The van der Waals surface area contributed by atoms with Crippen LogP contribution in [0.4, 0.5) is 0 Å². The summed E-state index contributed by atoms with van der Waals surface area (Å²) in [7, 11) is 0. The lowest BCUT2D eigenvalue weighted by molar-refractivity contribution is 0.0380. The van der Waals surface area contributed by atoms with Gasteiger partial charge in [0.2, 0.25) is 0 Å². The molecule has 0 saturated carbocycles. The van der Waals surface area contributed by atoms with E-state index >= 15 is 0 Å². The molecule has 52 heavy (non-hydrogen) atoms. The van der Waals surface area contributed by atoms with Crippen LogP contribution in [-0.4, -0.2) is 22.4 Å². The Kier molecular flexibility index (Phi) is 21.2. The zero-order valence-electron chi connectivity index (χ0n) is 35.1. The minimum Gasteiger partial charge on any atom is -0.392 e. The summed E-state index contributed by atoms with van der Waals surface area (Å²) >= 11 is 0. The minimum absolute atomic E-state index is 0.0723. The zero-order chi connectivity index (χ0) is 39.3. The van der Waals surface area contributed by atoms with Crippen molar-refractivity contribution in [2.24, 2.45) is 17.3 Å². The quantitative estimate of drug-likeness (QED) is 0.110. The molecule has 284 valence electrons. The van der Waals surface area contributed by atoms with E-state index < -0.39 is 5.60 Å². The standard InChI is InChI=1S/C50H72O2/c1-38(2)27-32-47(50(12,13)52)34-28-42(6)25-18-24-41(5)23-16-21-39(3)19-14-15-20-40(4)22-17-26-43(7)30-36-48-45(9)31-35-46(49(48,10)11)33-29-44(8)37-51/h14-30,34,36,46-47,51-52H,31-33,35,37H2,1-13H3. The molecule has 2 nitrogen and oxygen atoms in total. The largest absolute Gasteiger partial charge is 0.392 e. The fourth-order valence-corrected chi connectivity index (χ4v) is 6.03. The molecule has 0 spiro atoms. The summed E-state index contributed by atoms with van der Waals surface area (Å²) in [6, 6.07) is 0. The third-order valence-electron chi connectivity index (χ3n) is 9.82. The van der Waals surface area contributed by atoms with Crippen molar-refractivity contribution in [2.75, 3.05) is 6.61 Å². The van der Waals surface area contributed by atoms with Gasteiger partial charge in [0.1, 0.15) is 0 Å². The predicted molar refractivity (Wildman–Crippen MR) is 232 cm³/mol. The Balaban J connectivity index is 2.73. The molecule has 1 aliphatic carbocycles. The number of rotatable bonds is 18. The van der Waals surface area contributed by atoms with Gasteiger partial charge in [0.05, 0.1) is 12.2 Å². The summed E-state index contributed by atoms with van der Waals surface area (Å²) < 4.78 is 0. The highest BCUT2D eigenvalue weighted by Gasteiger charge is 2.35. The fourth-order valence-electron chi connectivity index (χ4n) is 6.03. The smallest absolute Gasteiger partial charge is 0.0657 e. The fraction of sp³-hybridized carbons (Fsp3) is 0.440. The molecule has 1 aliphatic rings. The summed E-state index contributed by atoms with van der Waals surface area (Å²) in [5.74, 6) is 0.652. The molecule has 0 amide bonds. The molecule has 0 fully saturated rings. The maximum Gasteiger partial charge on any atom is 0.0657 e. The molecule has 0 aromatic carbocycles. The highest BCUT2D eigenvalue weighted by atomic mass is 16.3. The first-order chi connectivity index (χ1) is 24.4. The third-order valence-corrected chi connectivity index (χ3v) is 9.82. The first kappa shape index (κ1) is 46.3. The second-order valence-electron chi connectivity index (χ2n) is 16.1. The lowest BCUT2D eigenvalue weighted by Crippen LogP contribution is -2.30. The van der Waals surface area contributed by atoms with Gasteiger partial charge in [-0.15, -0.1) is 0 Å². The van der Waals surface area contributed by atoms with Crippen molar-refractivity contribution >= 4 is 0 Å². The van der Waals surface area contributed by atoms with Gasteiger partial charge in [-0.3, -0.25) is 0 Å². The average molecular weight is 705 g/mol. The van der Waals surface area contributed by atoms with Crippen molar-refractivity contribution in [3.05, 3.63) is 166 Å². The van der Waals surface area contributed by atoms with Crippen LogP contribution in [0.1, 0.15) is 116 Å². The molecule has 2 heteroatoms. The van der Waals surface area contributed by atoms with Gasteiger partial charge in [-0.25, -0.2) is 0 Å². The van der Waals surface area contributed by atoms with Crippen LogP contribution >= 0.6 is 0 Å². The summed E-state index contributed by atoms with van der Waals surface area (Å²) in [4.78, 5) is 0. The van der Waals surface area contributed by atoms with Crippen molar-refractivity contribution in [3.8, 4) is 0 Å². The van der Waals surface area contributed by atoms with Crippen molar-refractivity contribution in [3.63, 3.8) is 0 Å². The Bertz CT molecular complexity index is 1580. The van der Waals surface area contributed by atoms with Gasteiger partial charge < -0.3 is 10.2 Å². The van der Waals surface area contributed by atoms with Gasteiger partial charge in [-0.05, 0) is 119 Å². The Morgan fingerprint density at radius 3 is 1.63 bits per heavy atom. The summed E-state index contributed by atoms with van der Waals surface area (Å²) in [6.07, 6.45) is 44.8. The van der Waals surface area contributed by atoms with Gasteiger partial charge in [-0.2, -0.15) is 0 Å². The van der Waals surface area contributed by atoms with Crippen molar-refractivity contribution in [2.45, 2.75) is 121 Å². The highest BCUT2D eigenvalue weighted by Crippen LogP contribution is 2.47. The van der Waals surface area contributed by atoms with Crippen molar-refractivity contribution in [1.29, 1.82) is 0 Å². The minimum atomic E-state index is -0.759. The Morgan fingerprint density at radius 2 is 1.17 bits per heavy atom. The van der Waals surface area contributed by atoms with E-state index in [1.807, 2.05) is 20.8 Å². The van der Waals surface area contributed by atoms with Gasteiger partial charge >= 0.3 is 0 Å². The van der Waals surface area contributed by atoms with E-state index in [0.717, 1.165) is 30.4 Å². The molecule has 2 atom stereocenters. The van der Waals surface area contributed by atoms with Crippen LogP contribution in [0.2, 0.25) is 0 Å². The summed E-state index contributed by atoms with van der Waals surface area (Å²) in [5.41, 5.74) is 10.5. The summed E-state index contributed by atoms with van der Waals surface area (Å²) in [6.45, 7) is 27.7. The van der Waals surface area contributed by atoms with E-state index in [-0.39, 0.29) is 17.9 Å². The monoisotopic (exact) mass is 705 g/mol. The maximum atomic E-state index is 10.5. The van der Waals surface area contributed by atoms with Gasteiger partial charge in [-0.1, -0.05) is 174 Å². The number of aliphatic hydroxyl groups is 2. The summed E-state index contributed by atoms with van der Waals surface area (Å²) in [5, 5.41) is 19.9. The van der Waals surface area contributed by atoms with E-state index in [2.05, 4.69) is 185 Å². The molecular weight excluding hydrogens is 633 g/mol. The first-order valence-corrected chi connectivity index (χ1v) is 19.1. The van der Waals surface area contributed by atoms with Crippen LogP contribution < -0.4 is 0 Å². The van der Waals surface area contributed by atoms with Crippen LogP contribution in [0.5, 0.6) is 0 Å². The zero-order valence-corrected chi connectivity index (χ0v) is 35.1. The van der Waals surface area contributed by atoms with Crippen LogP contribution in [0.25, 0.3) is 0 Å². The maximum absolute atomic E-state index is 10.5. The molecule has 0 radical (unpaired) electrons. The van der Waals surface area contributed by atoms with Crippen LogP contribution in [0.3, 0.4) is 0 Å². The number of allylic oxidation sites excluding steroid dienone is 26. The molecule has 0 saturated heterocycles. The van der Waals surface area contributed by atoms with Gasteiger partial charge in [0, 0.05) is 5.92 Å². The third kappa shape index (κ3) is 19.2. The predicted octanol–water partition coefficient (Wildman–Crippen LogP) is 13.9. The lowest BCUT2D eigenvalue weighted by Gasteiger charge is -2.41. The number of hydrogen-bond donors (Lipinski definition) is 2. The molecule has 2 N–H and O–H groups in total. The lowest BCUT2D eigenvalue weighted by atomic mass is 9.64. The van der Waals surface area contributed by atoms with Crippen molar-refractivity contribution < 1.29 is 10.2 Å². The van der Waals surface area contributed by atoms with E-state index in [0.29, 0.717) is 5.92 Å². The average Bonchev–Trinajstić information content (AvgIpc) is 3.05. The Labute approximate surface area is 320 Å². The van der Waals surface area contributed by atoms with E-state index in [9.17, 15) is 10.2 Å². The van der Waals surface area contributed by atoms with Crippen LogP contribution in [0, 0.1) is 17.3 Å². The van der Waals surface area contributed by atoms with E-state index in [4.69, 9.17) is 0 Å². The molecule has 0 aliphatic heterocycles. The SMILES string of the molecule is CC(C)=CCC(C=CC(C)=CC=CC(C)=CC=CC(C)=CC=CC=C(C)C=CC=C(C)C=CC1=C(C)CCC(CC=C(C)CO)C1(C)C)C(C)(C)O. The highest BCUT2D eigenvalue weighted by molar-refractivity contribution is 5.38. The Morgan fingerprint density at radius 1 is 0.712 bits per heavy atom. The molecule has 0 bridgehead atoms.